The van der Waals surface area contributed by atoms with Crippen LogP contribution in [0.25, 0.3) is 16.7 Å². The van der Waals surface area contributed by atoms with E-state index in [1.54, 1.807) is 0 Å². The summed E-state index contributed by atoms with van der Waals surface area (Å²) in [5, 5.41) is 3.87. The van der Waals surface area contributed by atoms with Crippen LogP contribution in [0.5, 0.6) is 0 Å². The highest BCUT2D eigenvalue weighted by atomic mass is 15.3. The molecule has 2 nitrogen and oxygen atoms in total. The molecule has 0 bridgehead atoms. The van der Waals surface area contributed by atoms with Crippen LogP contribution in [0.15, 0.2) is 55.1 Å². The lowest BCUT2D eigenvalue weighted by Crippen LogP contribution is -2.40. The molecule has 0 saturated carbocycles. The second-order valence-electron chi connectivity index (χ2n) is 7.61. The van der Waals surface area contributed by atoms with Crippen molar-refractivity contribution in [3.8, 4) is 11.1 Å². The van der Waals surface area contributed by atoms with E-state index < -0.39 is 0 Å². The van der Waals surface area contributed by atoms with Crippen LogP contribution in [-0.4, -0.2) is 24.2 Å². The first-order valence-corrected chi connectivity index (χ1v) is 11.0. The smallest absolute Gasteiger partial charge is 0.0764 e. The van der Waals surface area contributed by atoms with E-state index in [0.717, 1.165) is 19.5 Å². The van der Waals surface area contributed by atoms with E-state index in [2.05, 4.69) is 93.0 Å². The van der Waals surface area contributed by atoms with Crippen molar-refractivity contribution in [1.29, 1.82) is 0 Å². The Labute approximate surface area is 172 Å². The van der Waals surface area contributed by atoms with Crippen molar-refractivity contribution in [3.05, 3.63) is 60.7 Å². The van der Waals surface area contributed by atoms with Gasteiger partial charge in [-0.3, -0.25) is 4.90 Å². The average molecular weight is 379 g/mol. The van der Waals surface area contributed by atoms with Crippen LogP contribution in [0.4, 0.5) is 5.69 Å². The Morgan fingerprint density at radius 3 is 2.32 bits per heavy atom. The molecule has 1 unspecified atom stereocenters. The molecule has 2 aromatic rings. The average Bonchev–Trinajstić information content (AvgIpc) is 2.73. The number of nitrogens with zero attached hydrogens (tertiary/aromatic N) is 1. The van der Waals surface area contributed by atoms with Crippen molar-refractivity contribution >= 4 is 11.3 Å². The van der Waals surface area contributed by atoms with Gasteiger partial charge in [0.15, 0.2) is 0 Å². The molecule has 2 rings (SSSR count). The molecule has 1 N–H and O–H groups in total. The summed E-state index contributed by atoms with van der Waals surface area (Å²) in [7, 11) is 0. The fraction of sp³-hybridized carbons (Fsp3) is 0.462. The van der Waals surface area contributed by atoms with Crippen LogP contribution in [0, 0.1) is 0 Å². The number of unbranched alkanes of at least 4 members (excludes halogenated alkanes) is 2. The second-order valence-corrected chi connectivity index (χ2v) is 7.61. The Bertz CT molecular complexity index is 720. The summed E-state index contributed by atoms with van der Waals surface area (Å²) in [6.45, 7) is 15.6. The van der Waals surface area contributed by atoms with Crippen molar-refractivity contribution in [2.45, 2.75) is 66.0 Å². The van der Waals surface area contributed by atoms with Crippen molar-refractivity contribution < 1.29 is 0 Å². The summed E-state index contributed by atoms with van der Waals surface area (Å²) >= 11 is 0. The number of nitrogens with one attached hydrogen (secondary N) is 1. The summed E-state index contributed by atoms with van der Waals surface area (Å²) in [5.74, 6) is 0. The van der Waals surface area contributed by atoms with Crippen molar-refractivity contribution in [2.75, 3.05) is 18.4 Å². The number of allylic oxidation sites excluding steroid dienone is 1. The summed E-state index contributed by atoms with van der Waals surface area (Å²) in [4.78, 5) is 2.58. The number of benzene rings is 2. The van der Waals surface area contributed by atoms with Crippen molar-refractivity contribution in [3.63, 3.8) is 0 Å². The zero-order chi connectivity index (χ0) is 20.4. The van der Waals surface area contributed by atoms with E-state index in [-0.39, 0.29) is 6.17 Å². The minimum atomic E-state index is 0.282. The van der Waals surface area contributed by atoms with E-state index in [4.69, 9.17) is 0 Å². The standard InChI is InChI=1S/C26H38N2/c1-6-9-13-20-28(19-7-2)22(5)27-26-24(21(4)8-3)17-14-18-25(26)23-15-11-10-12-16-23/h10-12,14-18,22,27H,4,6-9,13,19-20H2,1-3,5H3. The summed E-state index contributed by atoms with van der Waals surface area (Å²) in [6, 6.07) is 17.2. The quantitative estimate of drug-likeness (QED) is 0.305. The fourth-order valence-corrected chi connectivity index (χ4v) is 3.70. The molecule has 0 aromatic heterocycles. The minimum Gasteiger partial charge on any atom is -0.369 e. The van der Waals surface area contributed by atoms with Gasteiger partial charge in [-0.15, -0.1) is 0 Å². The van der Waals surface area contributed by atoms with Gasteiger partial charge < -0.3 is 5.32 Å². The molecule has 0 aliphatic rings. The molecule has 0 saturated heterocycles. The van der Waals surface area contributed by atoms with Crippen LogP contribution in [0.3, 0.4) is 0 Å². The maximum Gasteiger partial charge on any atom is 0.0764 e. The van der Waals surface area contributed by atoms with E-state index in [1.807, 2.05) is 0 Å². The number of rotatable bonds is 12. The molecule has 28 heavy (non-hydrogen) atoms. The lowest BCUT2D eigenvalue weighted by molar-refractivity contribution is 0.223. The van der Waals surface area contributed by atoms with Gasteiger partial charge >= 0.3 is 0 Å². The van der Waals surface area contributed by atoms with E-state index in [9.17, 15) is 0 Å². The van der Waals surface area contributed by atoms with Gasteiger partial charge in [-0.1, -0.05) is 88.7 Å². The first-order valence-electron chi connectivity index (χ1n) is 11.0. The third-order valence-corrected chi connectivity index (χ3v) is 5.42. The molecule has 0 aliphatic heterocycles. The first-order chi connectivity index (χ1) is 13.6. The number of hydrogen-bond acceptors (Lipinski definition) is 2. The van der Waals surface area contributed by atoms with Gasteiger partial charge in [0.25, 0.3) is 0 Å². The Kier molecular flexibility index (Phi) is 9.30. The Balaban J connectivity index is 2.36. The normalized spacial score (nSPS) is 12.2. The molecule has 152 valence electrons. The highest BCUT2D eigenvalue weighted by Gasteiger charge is 2.17. The van der Waals surface area contributed by atoms with Crippen LogP contribution >= 0.6 is 0 Å². The van der Waals surface area contributed by atoms with Gasteiger partial charge in [-0.05, 0) is 43.9 Å². The zero-order valence-corrected chi connectivity index (χ0v) is 18.3. The molecular formula is C26H38N2. The fourth-order valence-electron chi connectivity index (χ4n) is 3.70. The molecule has 1 atom stereocenters. The monoisotopic (exact) mass is 378 g/mol. The SMILES string of the molecule is C=C(CC)c1cccc(-c2ccccc2)c1NC(C)N(CCC)CCCCC. The van der Waals surface area contributed by atoms with Crippen molar-refractivity contribution in [2.24, 2.45) is 0 Å². The molecule has 0 fully saturated rings. The molecule has 0 spiro atoms. The second kappa shape index (κ2) is 11.7. The number of hydrogen-bond donors (Lipinski definition) is 1. The van der Waals surface area contributed by atoms with Gasteiger partial charge in [0.1, 0.15) is 0 Å². The van der Waals surface area contributed by atoms with Crippen molar-refractivity contribution in [1.82, 2.24) is 4.90 Å². The molecule has 0 radical (unpaired) electrons. The first kappa shape index (κ1) is 22.2. The molecular weight excluding hydrogens is 340 g/mol. The maximum atomic E-state index is 4.33. The van der Waals surface area contributed by atoms with Gasteiger partial charge in [-0.2, -0.15) is 0 Å². The third-order valence-electron chi connectivity index (χ3n) is 5.42. The van der Waals surface area contributed by atoms with Crippen LogP contribution in [0.1, 0.15) is 65.4 Å². The van der Waals surface area contributed by atoms with Gasteiger partial charge in [0.05, 0.1) is 11.9 Å². The summed E-state index contributed by atoms with van der Waals surface area (Å²) in [6.07, 6.45) is 6.23. The Hall–Kier alpha value is -2.06. The van der Waals surface area contributed by atoms with Gasteiger partial charge in [-0.25, -0.2) is 0 Å². The molecule has 0 heterocycles. The predicted molar refractivity (Wildman–Crippen MR) is 126 cm³/mol. The Morgan fingerprint density at radius 1 is 0.929 bits per heavy atom. The largest absolute Gasteiger partial charge is 0.369 e. The highest BCUT2D eigenvalue weighted by Crippen LogP contribution is 2.35. The molecule has 2 aromatic carbocycles. The Morgan fingerprint density at radius 2 is 1.68 bits per heavy atom. The molecule has 2 heteroatoms. The van der Waals surface area contributed by atoms with Crippen LogP contribution in [0.2, 0.25) is 0 Å². The van der Waals surface area contributed by atoms with Crippen LogP contribution in [-0.2, 0) is 0 Å². The third kappa shape index (κ3) is 5.97. The van der Waals surface area contributed by atoms with E-state index in [1.165, 1.54) is 53.6 Å². The number of anilines is 1. The number of para-hydroxylation sites is 1. The molecule has 0 aliphatic carbocycles. The van der Waals surface area contributed by atoms with Crippen LogP contribution < -0.4 is 5.32 Å². The van der Waals surface area contributed by atoms with E-state index in [0.29, 0.717) is 0 Å². The van der Waals surface area contributed by atoms with E-state index >= 15 is 0 Å². The van der Waals surface area contributed by atoms with Gasteiger partial charge in [0, 0.05) is 17.7 Å². The summed E-state index contributed by atoms with van der Waals surface area (Å²) in [5.41, 5.74) is 6.13. The predicted octanol–water partition coefficient (Wildman–Crippen LogP) is 7.44. The topological polar surface area (TPSA) is 15.3 Å². The zero-order valence-electron chi connectivity index (χ0n) is 18.3. The summed E-state index contributed by atoms with van der Waals surface area (Å²) < 4.78 is 0. The van der Waals surface area contributed by atoms with Gasteiger partial charge in [0.2, 0.25) is 0 Å². The maximum absolute atomic E-state index is 4.33. The lowest BCUT2D eigenvalue weighted by Gasteiger charge is -2.32. The molecule has 0 amide bonds. The minimum absolute atomic E-state index is 0.282. The lowest BCUT2D eigenvalue weighted by atomic mass is 9.95. The highest BCUT2D eigenvalue weighted by molar-refractivity contribution is 5.87.